The molecular formula is C18H32N4O. The molecule has 0 saturated carbocycles. The molecule has 0 atom stereocenters. The molecule has 0 aliphatic carbocycles. The minimum Gasteiger partial charge on any atom is -0.494 e. The van der Waals surface area contributed by atoms with Crippen LogP contribution in [-0.4, -0.2) is 44.7 Å². The number of rotatable bonds is 10. The van der Waals surface area contributed by atoms with E-state index in [2.05, 4.69) is 43.2 Å². The normalized spacial score (nSPS) is 12.0. The Labute approximate surface area is 140 Å². The fourth-order valence-corrected chi connectivity index (χ4v) is 1.98. The van der Waals surface area contributed by atoms with Gasteiger partial charge in [-0.2, -0.15) is 0 Å². The summed E-state index contributed by atoms with van der Waals surface area (Å²) in [6.45, 7) is 7.62. The van der Waals surface area contributed by atoms with Gasteiger partial charge in [-0.25, -0.2) is 4.99 Å². The quantitative estimate of drug-likeness (QED) is 0.395. The molecule has 0 unspecified atom stereocenters. The smallest absolute Gasteiger partial charge is 0.188 e. The van der Waals surface area contributed by atoms with Crippen LogP contribution < -0.4 is 15.8 Å². The Kier molecular flexibility index (Phi) is 9.14. The molecule has 5 heteroatoms. The zero-order chi connectivity index (χ0) is 17.1. The summed E-state index contributed by atoms with van der Waals surface area (Å²) in [5.74, 6) is 2.08. The molecule has 23 heavy (non-hydrogen) atoms. The minimum atomic E-state index is 0.509. The third-order valence-electron chi connectivity index (χ3n) is 3.40. The van der Waals surface area contributed by atoms with Crippen molar-refractivity contribution in [2.75, 3.05) is 33.8 Å². The maximum absolute atomic E-state index is 5.85. The first-order chi connectivity index (χ1) is 11.0. The Balaban J connectivity index is 2.30. The van der Waals surface area contributed by atoms with Gasteiger partial charge in [0.2, 0.25) is 0 Å². The second-order valence-electron chi connectivity index (χ2n) is 6.46. The number of guanidine groups is 1. The summed E-state index contributed by atoms with van der Waals surface area (Å²) in [7, 11) is 4.14. The first-order valence-corrected chi connectivity index (χ1v) is 8.37. The van der Waals surface area contributed by atoms with Crippen molar-refractivity contribution in [3.8, 4) is 5.75 Å². The lowest BCUT2D eigenvalue weighted by molar-refractivity contribution is 0.281. The van der Waals surface area contributed by atoms with E-state index in [1.165, 1.54) is 0 Å². The average Bonchev–Trinajstić information content (AvgIpc) is 2.50. The Morgan fingerprint density at radius 1 is 1.26 bits per heavy atom. The second kappa shape index (κ2) is 10.9. The molecule has 0 spiro atoms. The highest BCUT2D eigenvalue weighted by molar-refractivity contribution is 5.77. The van der Waals surface area contributed by atoms with Crippen molar-refractivity contribution in [2.45, 2.75) is 33.2 Å². The van der Waals surface area contributed by atoms with E-state index < -0.39 is 0 Å². The Hall–Kier alpha value is -1.75. The van der Waals surface area contributed by atoms with Crippen LogP contribution in [0, 0.1) is 5.92 Å². The molecule has 130 valence electrons. The van der Waals surface area contributed by atoms with Gasteiger partial charge in [-0.3, -0.25) is 0 Å². The number of ether oxygens (including phenoxy) is 1. The van der Waals surface area contributed by atoms with Crippen molar-refractivity contribution in [1.29, 1.82) is 0 Å². The Bertz CT molecular complexity index is 455. The predicted molar refractivity (Wildman–Crippen MR) is 97.9 cm³/mol. The summed E-state index contributed by atoms with van der Waals surface area (Å²) < 4.78 is 5.71. The Morgan fingerprint density at radius 3 is 2.57 bits per heavy atom. The van der Waals surface area contributed by atoms with Gasteiger partial charge in [0.25, 0.3) is 0 Å². The van der Waals surface area contributed by atoms with Crippen molar-refractivity contribution in [3.63, 3.8) is 0 Å². The van der Waals surface area contributed by atoms with Crippen LogP contribution in [0.1, 0.15) is 32.3 Å². The predicted octanol–water partition coefficient (Wildman–Crippen LogP) is 2.47. The standard InChI is InChI=1S/C18H32N4O/c1-15(2)10-11-20-18(19)21-14-16-6-8-17(9-7-16)23-13-5-12-22(3)4/h6-9,15H,5,10-14H2,1-4H3,(H3,19,20,21). The maximum atomic E-state index is 5.85. The highest BCUT2D eigenvalue weighted by atomic mass is 16.5. The van der Waals surface area contributed by atoms with Crippen molar-refractivity contribution >= 4 is 5.96 Å². The largest absolute Gasteiger partial charge is 0.494 e. The van der Waals surface area contributed by atoms with Gasteiger partial charge in [-0.05, 0) is 50.6 Å². The molecule has 1 rings (SSSR count). The fraction of sp³-hybridized carbons (Fsp3) is 0.611. The monoisotopic (exact) mass is 320 g/mol. The summed E-state index contributed by atoms with van der Waals surface area (Å²) >= 11 is 0. The van der Waals surface area contributed by atoms with E-state index in [0.29, 0.717) is 18.4 Å². The van der Waals surface area contributed by atoms with E-state index in [1.807, 2.05) is 24.3 Å². The maximum Gasteiger partial charge on any atom is 0.188 e. The zero-order valence-corrected chi connectivity index (χ0v) is 15.0. The topological polar surface area (TPSA) is 62.9 Å². The highest BCUT2D eigenvalue weighted by Gasteiger charge is 1.98. The van der Waals surface area contributed by atoms with Gasteiger partial charge in [-0.15, -0.1) is 0 Å². The van der Waals surface area contributed by atoms with Crippen molar-refractivity contribution < 1.29 is 4.74 Å². The lowest BCUT2D eigenvalue weighted by Gasteiger charge is -2.10. The van der Waals surface area contributed by atoms with Gasteiger partial charge in [0.05, 0.1) is 13.2 Å². The fourth-order valence-electron chi connectivity index (χ4n) is 1.98. The molecule has 0 fully saturated rings. The zero-order valence-electron chi connectivity index (χ0n) is 15.0. The number of nitrogens with one attached hydrogen (secondary N) is 1. The molecule has 1 aromatic carbocycles. The molecule has 0 aliphatic rings. The molecule has 0 aliphatic heterocycles. The van der Waals surface area contributed by atoms with Gasteiger partial charge in [0, 0.05) is 13.1 Å². The van der Waals surface area contributed by atoms with Gasteiger partial charge in [0.15, 0.2) is 5.96 Å². The van der Waals surface area contributed by atoms with Crippen molar-refractivity contribution in [1.82, 2.24) is 10.2 Å². The summed E-state index contributed by atoms with van der Waals surface area (Å²) in [5, 5.41) is 3.14. The van der Waals surface area contributed by atoms with E-state index in [4.69, 9.17) is 10.5 Å². The highest BCUT2D eigenvalue weighted by Crippen LogP contribution is 2.13. The van der Waals surface area contributed by atoms with E-state index in [9.17, 15) is 0 Å². The van der Waals surface area contributed by atoms with Crippen molar-refractivity contribution in [3.05, 3.63) is 29.8 Å². The number of benzene rings is 1. The molecule has 0 radical (unpaired) electrons. The molecule has 3 N–H and O–H groups in total. The van der Waals surface area contributed by atoms with Crippen LogP contribution >= 0.6 is 0 Å². The number of nitrogens with two attached hydrogens (primary N) is 1. The first-order valence-electron chi connectivity index (χ1n) is 8.37. The van der Waals surface area contributed by atoms with Gasteiger partial charge in [0.1, 0.15) is 5.75 Å². The van der Waals surface area contributed by atoms with E-state index in [1.54, 1.807) is 0 Å². The summed E-state index contributed by atoms with van der Waals surface area (Å²) in [5.41, 5.74) is 6.98. The SMILES string of the molecule is CC(C)CCNC(N)=NCc1ccc(OCCCN(C)C)cc1. The lowest BCUT2D eigenvalue weighted by atomic mass is 10.1. The van der Waals surface area contributed by atoms with Crippen LogP contribution in [0.25, 0.3) is 0 Å². The molecular weight excluding hydrogens is 288 g/mol. The summed E-state index contributed by atoms with van der Waals surface area (Å²) in [6.07, 6.45) is 2.12. The Morgan fingerprint density at radius 2 is 1.96 bits per heavy atom. The molecule has 0 amide bonds. The number of hydrogen-bond donors (Lipinski definition) is 2. The second-order valence-corrected chi connectivity index (χ2v) is 6.46. The molecule has 0 heterocycles. The van der Waals surface area contributed by atoms with E-state index >= 15 is 0 Å². The first kappa shape index (κ1) is 19.3. The minimum absolute atomic E-state index is 0.509. The molecule has 0 bridgehead atoms. The number of nitrogens with zero attached hydrogens (tertiary/aromatic N) is 2. The van der Waals surface area contributed by atoms with Crippen LogP contribution in [0.2, 0.25) is 0 Å². The van der Waals surface area contributed by atoms with Crippen LogP contribution in [0.3, 0.4) is 0 Å². The average molecular weight is 320 g/mol. The summed E-state index contributed by atoms with van der Waals surface area (Å²) in [6, 6.07) is 8.05. The van der Waals surface area contributed by atoms with Crippen molar-refractivity contribution in [2.24, 2.45) is 16.6 Å². The van der Waals surface area contributed by atoms with Gasteiger partial charge >= 0.3 is 0 Å². The molecule has 1 aromatic rings. The van der Waals surface area contributed by atoms with Gasteiger partial charge < -0.3 is 20.7 Å². The van der Waals surface area contributed by atoms with Gasteiger partial charge in [-0.1, -0.05) is 26.0 Å². The van der Waals surface area contributed by atoms with Crippen LogP contribution in [0.4, 0.5) is 0 Å². The van der Waals surface area contributed by atoms with Crippen LogP contribution in [-0.2, 0) is 6.54 Å². The van der Waals surface area contributed by atoms with Crippen LogP contribution in [0.5, 0.6) is 5.75 Å². The molecule has 0 saturated heterocycles. The van der Waals surface area contributed by atoms with E-state index in [-0.39, 0.29) is 0 Å². The van der Waals surface area contributed by atoms with E-state index in [0.717, 1.165) is 43.9 Å². The number of aliphatic imine (C=N–C) groups is 1. The molecule has 0 aromatic heterocycles. The third kappa shape index (κ3) is 9.79. The third-order valence-corrected chi connectivity index (χ3v) is 3.40. The number of hydrogen-bond acceptors (Lipinski definition) is 3. The summed E-state index contributed by atoms with van der Waals surface area (Å²) in [4.78, 5) is 6.51. The van der Waals surface area contributed by atoms with Crippen LogP contribution in [0.15, 0.2) is 29.3 Å². The lowest BCUT2D eigenvalue weighted by Crippen LogP contribution is -2.32. The molecule has 5 nitrogen and oxygen atoms in total.